The zero-order valence-electron chi connectivity index (χ0n) is 10.5. The summed E-state index contributed by atoms with van der Waals surface area (Å²) >= 11 is 1.63. The molecule has 1 aromatic heterocycles. The van der Waals surface area contributed by atoms with Gasteiger partial charge in [-0.15, -0.1) is 11.3 Å². The molecule has 1 aliphatic rings. The minimum absolute atomic E-state index is 0.0365. The van der Waals surface area contributed by atoms with Gasteiger partial charge < -0.3 is 5.32 Å². The summed E-state index contributed by atoms with van der Waals surface area (Å²) in [4.78, 5) is 16.5. The molecule has 1 aliphatic carbocycles. The number of hydrogen-bond acceptors (Lipinski definition) is 3. The third-order valence-electron chi connectivity index (χ3n) is 3.42. The summed E-state index contributed by atoms with van der Waals surface area (Å²) in [5.74, 6) is 0.439. The maximum atomic E-state index is 12.1. The van der Waals surface area contributed by atoms with Crippen LogP contribution in [0.1, 0.15) is 55.8 Å². The minimum Gasteiger partial charge on any atom is -0.348 e. The number of aromatic nitrogens is 1. The van der Waals surface area contributed by atoms with Crippen LogP contribution < -0.4 is 5.32 Å². The smallest absolute Gasteiger partial charge is 0.223 e. The van der Waals surface area contributed by atoms with Gasteiger partial charge in [0.2, 0.25) is 5.91 Å². The van der Waals surface area contributed by atoms with Crippen LogP contribution >= 0.6 is 11.3 Å². The van der Waals surface area contributed by atoms with Crippen LogP contribution in [0.3, 0.4) is 0 Å². The van der Waals surface area contributed by atoms with Crippen molar-refractivity contribution in [3.05, 3.63) is 16.1 Å². The van der Waals surface area contributed by atoms with Gasteiger partial charge in [0.25, 0.3) is 0 Å². The summed E-state index contributed by atoms with van der Waals surface area (Å²) in [6.45, 7) is 4.00. The molecule has 0 bridgehead atoms. The van der Waals surface area contributed by atoms with E-state index in [1.165, 1.54) is 19.3 Å². The van der Waals surface area contributed by atoms with Gasteiger partial charge in [0.15, 0.2) is 0 Å². The standard InChI is InChI=1S/C13H20N2OS/c1-9(12-8-17-10(2)15-12)14-13(16)11-6-4-3-5-7-11/h8-9,11H,3-7H2,1-2H3,(H,14,16). The molecule has 1 unspecified atom stereocenters. The third-order valence-corrected chi connectivity index (χ3v) is 4.21. The summed E-state index contributed by atoms with van der Waals surface area (Å²) in [6.07, 6.45) is 5.78. The number of aryl methyl sites for hydroxylation is 1. The Hall–Kier alpha value is -0.900. The Bertz CT molecular complexity index is 383. The number of amides is 1. The number of rotatable bonds is 3. The fourth-order valence-electron chi connectivity index (χ4n) is 2.35. The summed E-state index contributed by atoms with van der Waals surface area (Å²) < 4.78 is 0. The molecule has 1 fully saturated rings. The van der Waals surface area contributed by atoms with Crippen LogP contribution in [-0.2, 0) is 4.79 Å². The second-order valence-corrected chi connectivity index (χ2v) is 5.92. The molecule has 1 aromatic rings. The van der Waals surface area contributed by atoms with Crippen molar-refractivity contribution in [1.82, 2.24) is 10.3 Å². The number of carbonyl (C=O) groups is 1. The van der Waals surface area contributed by atoms with Gasteiger partial charge in [-0.3, -0.25) is 4.79 Å². The molecule has 1 atom stereocenters. The third kappa shape index (κ3) is 3.28. The summed E-state index contributed by atoms with van der Waals surface area (Å²) in [7, 11) is 0. The van der Waals surface area contributed by atoms with Crippen molar-refractivity contribution in [3.8, 4) is 0 Å². The van der Waals surface area contributed by atoms with E-state index in [1.807, 2.05) is 19.2 Å². The van der Waals surface area contributed by atoms with Crippen LogP contribution in [-0.4, -0.2) is 10.9 Å². The van der Waals surface area contributed by atoms with Crippen LogP contribution in [0.25, 0.3) is 0 Å². The van der Waals surface area contributed by atoms with Crippen molar-refractivity contribution in [2.24, 2.45) is 5.92 Å². The molecule has 1 amide bonds. The summed E-state index contributed by atoms with van der Waals surface area (Å²) in [5, 5.41) is 6.17. The van der Waals surface area contributed by atoms with E-state index in [1.54, 1.807) is 11.3 Å². The van der Waals surface area contributed by atoms with E-state index >= 15 is 0 Å². The molecule has 1 heterocycles. The second-order valence-electron chi connectivity index (χ2n) is 4.86. The van der Waals surface area contributed by atoms with Crippen molar-refractivity contribution in [1.29, 1.82) is 0 Å². The molecule has 2 rings (SSSR count). The van der Waals surface area contributed by atoms with E-state index in [0.29, 0.717) is 0 Å². The summed E-state index contributed by atoms with van der Waals surface area (Å²) in [5.41, 5.74) is 0.983. The van der Waals surface area contributed by atoms with Gasteiger partial charge in [0.05, 0.1) is 16.7 Å². The first-order valence-corrected chi connectivity index (χ1v) is 7.27. The summed E-state index contributed by atoms with van der Waals surface area (Å²) in [6, 6.07) is 0.0365. The van der Waals surface area contributed by atoms with Gasteiger partial charge in [-0.05, 0) is 26.7 Å². The van der Waals surface area contributed by atoms with Crippen LogP contribution in [0.2, 0.25) is 0 Å². The van der Waals surface area contributed by atoms with Gasteiger partial charge in [-0.1, -0.05) is 19.3 Å². The Morgan fingerprint density at radius 2 is 2.18 bits per heavy atom. The topological polar surface area (TPSA) is 42.0 Å². The van der Waals surface area contributed by atoms with Crippen LogP contribution in [0, 0.1) is 12.8 Å². The van der Waals surface area contributed by atoms with E-state index in [9.17, 15) is 4.79 Å². The number of carbonyl (C=O) groups excluding carboxylic acids is 1. The van der Waals surface area contributed by atoms with Crippen molar-refractivity contribution in [2.75, 3.05) is 0 Å². The Kier molecular flexibility index (Phi) is 4.15. The monoisotopic (exact) mass is 252 g/mol. The molecule has 17 heavy (non-hydrogen) atoms. The zero-order chi connectivity index (χ0) is 12.3. The van der Waals surface area contributed by atoms with E-state index in [-0.39, 0.29) is 17.9 Å². The number of nitrogens with zero attached hydrogens (tertiary/aromatic N) is 1. The molecule has 1 saturated carbocycles. The Morgan fingerprint density at radius 1 is 1.47 bits per heavy atom. The van der Waals surface area contributed by atoms with Gasteiger partial charge >= 0.3 is 0 Å². The van der Waals surface area contributed by atoms with Gasteiger partial charge in [-0.2, -0.15) is 0 Å². The van der Waals surface area contributed by atoms with E-state index in [0.717, 1.165) is 23.5 Å². The van der Waals surface area contributed by atoms with Crippen molar-refractivity contribution < 1.29 is 4.79 Å². The first-order valence-electron chi connectivity index (χ1n) is 6.39. The van der Waals surface area contributed by atoms with Crippen LogP contribution in [0.5, 0.6) is 0 Å². The van der Waals surface area contributed by atoms with Crippen LogP contribution in [0.4, 0.5) is 0 Å². The molecule has 4 heteroatoms. The van der Waals surface area contributed by atoms with Crippen molar-refractivity contribution >= 4 is 17.2 Å². The molecule has 0 radical (unpaired) electrons. The van der Waals surface area contributed by atoms with Gasteiger partial charge in [0.1, 0.15) is 0 Å². The fourth-order valence-corrected chi connectivity index (χ4v) is 3.06. The Morgan fingerprint density at radius 3 is 2.76 bits per heavy atom. The van der Waals surface area contributed by atoms with E-state index in [2.05, 4.69) is 10.3 Å². The highest BCUT2D eigenvalue weighted by molar-refractivity contribution is 7.09. The Labute approximate surface area is 107 Å². The average Bonchev–Trinajstić information content (AvgIpc) is 2.77. The first-order chi connectivity index (χ1) is 8.16. The normalized spacial score (nSPS) is 18.9. The lowest BCUT2D eigenvalue weighted by molar-refractivity contribution is -0.126. The lowest BCUT2D eigenvalue weighted by Crippen LogP contribution is -2.33. The molecule has 1 N–H and O–H groups in total. The lowest BCUT2D eigenvalue weighted by atomic mass is 9.88. The average molecular weight is 252 g/mol. The predicted molar refractivity (Wildman–Crippen MR) is 70.0 cm³/mol. The van der Waals surface area contributed by atoms with Crippen LogP contribution in [0.15, 0.2) is 5.38 Å². The SMILES string of the molecule is Cc1nc(C(C)NC(=O)C2CCCCC2)cs1. The predicted octanol–water partition coefficient (Wildman–Crippen LogP) is 3.21. The van der Waals surface area contributed by atoms with Gasteiger partial charge in [0, 0.05) is 11.3 Å². The van der Waals surface area contributed by atoms with E-state index < -0.39 is 0 Å². The largest absolute Gasteiger partial charge is 0.348 e. The molecule has 0 aromatic carbocycles. The lowest BCUT2D eigenvalue weighted by Gasteiger charge is -2.22. The highest BCUT2D eigenvalue weighted by atomic mass is 32.1. The van der Waals surface area contributed by atoms with E-state index in [4.69, 9.17) is 0 Å². The molecule has 94 valence electrons. The maximum Gasteiger partial charge on any atom is 0.223 e. The first kappa shape index (κ1) is 12.6. The van der Waals surface area contributed by atoms with Crippen molar-refractivity contribution in [3.63, 3.8) is 0 Å². The highest BCUT2D eigenvalue weighted by Gasteiger charge is 2.22. The highest BCUT2D eigenvalue weighted by Crippen LogP contribution is 2.25. The number of hydrogen-bond donors (Lipinski definition) is 1. The number of nitrogens with one attached hydrogen (secondary N) is 1. The second kappa shape index (κ2) is 5.63. The zero-order valence-corrected chi connectivity index (χ0v) is 11.3. The molecule has 0 saturated heterocycles. The molecule has 3 nitrogen and oxygen atoms in total. The molecular formula is C13H20N2OS. The minimum atomic E-state index is 0.0365. The fraction of sp³-hybridized carbons (Fsp3) is 0.692. The van der Waals surface area contributed by atoms with Crippen molar-refractivity contribution in [2.45, 2.75) is 52.0 Å². The number of thiazole rings is 1. The molecular weight excluding hydrogens is 232 g/mol. The quantitative estimate of drug-likeness (QED) is 0.897. The molecule has 0 spiro atoms. The maximum absolute atomic E-state index is 12.1. The van der Waals surface area contributed by atoms with Gasteiger partial charge in [-0.25, -0.2) is 4.98 Å². The Balaban J connectivity index is 1.89. The molecule has 0 aliphatic heterocycles.